The summed E-state index contributed by atoms with van der Waals surface area (Å²) in [7, 11) is 0. The van der Waals surface area contributed by atoms with E-state index in [4.69, 9.17) is 4.74 Å². The van der Waals surface area contributed by atoms with Gasteiger partial charge < -0.3 is 4.74 Å². The van der Waals surface area contributed by atoms with E-state index in [-0.39, 0.29) is 5.92 Å². The Morgan fingerprint density at radius 3 is 2.93 bits per heavy atom. The molecule has 0 aromatic heterocycles. The van der Waals surface area contributed by atoms with Crippen molar-refractivity contribution in [2.75, 3.05) is 6.61 Å². The molecule has 2 heteroatoms. The van der Waals surface area contributed by atoms with Gasteiger partial charge in [0, 0.05) is 5.92 Å². The Balaban J connectivity index is 2.10. The van der Waals surface area contributed by atoms with E-state index in [1.807, 2.05) is 19.1 Å². The Morgan fingerprint density at radius 2 is 2.33 bits per heavy atom. The van der Waals surface area contributed by atoms with Gasteiger partial charge in [-0.3, -0.25) is 4.79 Å². The van der Waals surface area contributed by atoms with Crippen molar-refractivity contribution in [2.45, 2.75) is 26.2 Å². The second-order valence-corrected chi connectivity index (χ2v) is 4.06. The summed E-state index contributed by atoms with van der Waals surface area (Å²) in [6.07, 6.45) is 1.00. The molecule has 0 unspecified atom stereocenters. The minimum atomic E-state index is 0.252. The molecule has 15 heavy (non-hydrogen) atoms. The van der Waals surface area contributed by atoms with E-state index in [0.717, 1.165) is 12.2 Å². The van der Waals surface area contributed by atoms with Gasteiger partial charge in [0.05, 0.1) is 6.61 Å². The molecule has 0 saturated heterocycles. The number of carbonyl (C=O) groups excluding carboxylic acids is 1. The van der Waals surface area contributed by atoms with Crippen LogP contribution >= 0.6 is 0 Å². The summed E-state index contributed by atoms with van der Waals surface area (Å²) in [5, 5.41) is 0. The molecular weight excluding hydrogens is 188 g/mol. The highest BCUT2D eigenvalue weighted by Gasteiger charge is 2.41. The number of benzene rings is 1. The Labute approximate surface area is 90.3 Å². The predicted octanol–water partition coefficient (Wildman–Crippen LogP) is 2.78. The third-order valence-electron chi connectivity index (χ3n) is 2.91. The first kappa shape index (κ1) is 10.2. The molecule has 1 fully saturated rings. The standard InChI is InChI=1S/C13H16O2/c1-3-15-11-6-4-5-10(7-11)13-8-12(13)9(2)14/h4-7,12-13H,3,8H2,1-2H3/t12-,13-/m0/s1. The fraction of sp³-hybridized carbons (Fsp3) is 0.462. The van der Waals surface area contributed by atoms with Gasteiger partial charge in [0.25, 0.3) is 0 Å². The monoisotopic (exact) mass is 204 g/mol. The third-order valence-corrected chi connectivity index (χ3v) is 2.91. The molecule has 0 heterocycles. The number of hydrogen-bond donors (Lipinski definition) is 0. The van der Waals surface area contributed by atoms with Gasteiger partial charge in [-0.15, -0.1) is 0 Å². The van der Waals surface area contributed by atoms with Crippen LogP contribution in [0.1, 0.15) is 31.7 Å². The number of ether oxygens (including phenoxy) is 1. The van der Waals surface area contributed by atoms with Crippen molar-refractivity contribution in [3.63, 3.8) is 0 Å². The number of hydrogen-bond acceptors (Lipinski definition) is 2. The first-order valence-electron chi connectivity index (χ1n) is 5.45. The fourth-order valence-corrected chi connectivity index (χ4v) is 2.01. The van der Waals surface area contributed by atoms with Crippen LogP contribution in [-0.2, 0) is 4.79 Å². The Morgan fingerprint density at radius 1 is 1.53 bits per heavy atom. The normalized spacial score (nSPS) is 23.6. The molecule has 80 valence electrons. The van der Waals surface area contributed by atoms with Gasteiger partial charge >= 0.3 is 0 Å². The summed E-state index contributed by atoms with van der Waals surface area (Å²) in [4.78, 5) is 11.2. The second kappa shape index (κ2) is 4.05. The molecule has 0 spiro atoms. The van der Waals surface area contributed by atoms with Gasteiger partial charge in [-0.25, -0.2) is 0 Å². The molecule has 0 bridgehead atoms. The van der Waals surface area contributed by atoms with Crippen LogP contribution < -0.4 is 4.74 Å². The summed E-state index contributed by atoms with van der Waals surface area (Å²) in [5.41, 5.74) is 1.24. The lowest BCUT2D eigenvalue weighted by Gasteiger charge is -2.05. The van der Waals surface area contributed by atoms with Gasteiger partial charge in [-0.1, -0.05) is 12.1 Å². The van der Waals surface area contributed by atoms with E-state index in [0.29, 0.717) is 18.3 Å². The zero-order chi connectivity index (χ0) is 10.8. The van der Waals surface area contributed by atoms with Crippen molar-refractivity contribution in [1.29, 1.82) is 0 Å². The highest BCUT2D eigenvalue weighted by Crippen LogP contribution is 2.48. The van der Waals surface area contributed by atoms with Crippen LogP contribution in [0.4, 0.5) is 0 Å². The molecule has 1 saturated carbocycles. The smallest absolute Gasteiger partial charge is 0.133 e. The molecular formula is C13H16O2. The maximum absolute atomic E-state index is 11.2. The molecule has 2 rings (SSSR count). The Hall–Kier alpha value is -1.31. The van der Waals surface area contributed by atoms with Gasteiger partial charge in [0.2, 0.25) is 0 Å². The number of ketones is 1. The zero-order valence-corrected chi connectivity index (χ0v) is 9.19. The van der Waals surface area contributed by atoms with Crippen LogP contribution in [0.3, 0.4) is 0 Å². The van der Waals surface area contributed by atoms with E-state index < -0.39 is 0 Å². The van der Waals surface area contributed by atoms with Gasteiger partial charge in [-0.2, -0.15) is 0 Å². The highest BCUT2D eigenvalue weighted by molar-refractivity contribution is 5.82. The van der Waals surface area contributed by atoms with Crippen LogP contribution in [0, 0.1) is 5.92 Å². The minimum absolute atomic E-state index is 0.252. The van der Waals surface area contributed by atoms with Crippen molar-refractivity contribution < 1.29 is 9.53 Å². The first-order valence-corrected chi connectivity index (χ1v) is 5.45. The van der Waals surface area contributed by atoms with Crippen molar-refractivity contribution in [2.24, 2.45) is 5.92 Å². The van der Waals surface area contributed by atoms with Gasteiger partial charge in [-0.05, 0) is 43.9 Å². The molecule has 2 atom stereocenters. The summed E-state index contributed by atoms with van der Waals surface area (Å²) < 4.78 is 5.44. The average Bonchev–Trinajstić information content (AvgIpc) is 2.98. The van der Waals surface area contributed by atoms with Crippen LogP contribution in [0.25, 0.3) is 0 Å². The molecule has 1 aromatic carbocycles. The lowest BCUT2D eigenvalue weighted by atomic mass is 10.1. The largest absolute Gasteiger partial charge is 0.494 e. The van der Waals surface area contributed by atoms with Crippen molar-refractivity contribution >= 4 is 5.78 Å². The number of Topliss-reactive ketones (excluding diaryl/α,β-unsaturated/α-hetero) is 1. The van der Waals surface area contributed by atoms with Crippen molar-refractivity contribution in [3.05, 3.63) is 29.8 Å². The maximum atomic E-state index is 11.2. The molecule has 1 aliphatic rings. The number of carbonyl (C=O) groups is 1. The highest BCUT2D eigenvalue weighted by atomic mass is 16.5. The summed E-state index contributed by atoms with van der Waals surface area (Å²) in [6, 6.07) is 8.08. The van der Waals surface area contributed by atoms with Crippen molar-refractivity contribution in [1.82, 2.24) is 0 Å². The SMILES string of the molecule is CCOc1cccc([C@@H]2C[C@H]2C(C)=O)c1. The van der Waals surface area contributed by atoms with E-state index >= 15 is 0 Å². The van der Waals surface area contributed by atoms with Crippen molar-refractivity contribution in [3.8, 4) is 5.75 Å². The molecule has 0 amide bonds. The lowest BCUT2D eigenvalue weighted by molar-refractivity contribution is -0.118. The minimum Gasteiger partial charge on any atom is -0.494 e. The average molecular weight is 204 g/mol. The molecule has 0 radical (unpaired) electrons. The number of rotatable bonds is 4. The van der Waals surface area contributed by atoms with E-state index in [9.17, 15) is 4.79 Å². The van der Waals surface area contributed by atoms with Crippen LogP contribution in [0.15, 0.2) is 24.3 Å². The molecule has 1 aromatic rings. The molecule has 2 nitrogen and oxygen atoms in total. The summed E-state index contributed by atoms with van der Waals surface area (Å²) >= 11 is 0. The van der Waals surface area contributed by atoms with Gasteiger partial charge in [0.15, 0.2) is 0 Å². The Kier molecular flexibility index (Phi) is 2.76. The summed E-state index contributed by atoms with van der Waals surface area (Å²) in [5.74, 6) is 1.90. The maximum Gasteiger partial charge on any atom is 0.133 e. The van der Waals surface area contributed by atoms with E-state index in [1.54, 1.807) is 6.92 Å². The fourth-order valence-electron chi connectivity index (χ4n) is 2.01. The zero-order valence-electron chi connectivity index (χ0n) is 9.19. The van der Waals surface area contributed by atoms with Gasteiger partial charge in [0.1, 0.15) is 11.5 Å². The van der Waals surface area contributed by atoms with Crippen LogP contribution in [0.5, 0.6) is 5.75 Å². The van der Waals surface area contributed by atoms with Crippen LogP contribution in [0.2, 0.25) is 0 Å². The second-order valence-electron chi connectivity index (χ2n) is 4.06. The topological polar surface area (TPSA) is 26.3 Å². The van der Waals surface area contributed by atoms with E-state index in [2.05, 4.69) is 12.1 Å². The quantitative estimate of drug-likeness (QED) is 0.753. The predicted molar refractivity (Wildman–Crippen MR) is 59.1 cm³/mol. The van der Waals surface area contributed by atoms with E-state index in [1.165, 1.54) is 5.56 Å². The lowest BCUT2D eigenvalue weighted by Crippen LogP contribution is -1.96. The first-order chi connectivity index (χ1) is 7.22. The summed E-state index contributed by atoms with van der Waals surface area (Å²) in [6.45, 7) is 4.34. The molecule has 1 aliphatic carbocycles. The van der Waals surface area contributed by atoms with Crippen LogP contribution in [-0.4, -0.2) is 12.4 Å². The molecule has 0 aliphatic heterocycles. The molecule has 0 N–H and O–H groups in total. The Bertz CT molecular complexity index is 371. The third kappa shape index (κ3) is 2.20.